The maximum absolute atomic E-state index is 11.9. The lowest BCUT2D eigenvalue weighted by atomic mass is 10.2. The van der Waals surface area contributed by atoms with E-state index in [9.17, 15) is 4.79 Å². The van der Waals surface area contributed by atoms with Gasteiger partial charge in [-0.25, -0.2) is 0 Å². The number of rotatable bonds is 3. The molecule has 0 radical (unpaired) electrons. The summed E-state index contributed by atoms with van der Waals surface area (Å²) in [6.45, 7) is 0. The number of carbonyl (C=O) groups excluding carboxylic acids is 1. The van der Waals surface area contributed by atoms with E-state index in [4.69, 9.17) is 27.6 Å². The van der Waals surface area contributed by atoms with Crippen molar-refractivity contribution in [2.45, 2.75) is 0 Å². The third-order valence-corrected chi connectivity index (χ3v) is 3.30. The molecule has 7 nitrogen and oxygen atoms in total. The van der Waals surface area contributed by atoms with Crippen LogP contribution in [0, 0.1) is 0 Å². The Morgan fingerprint density at radius 2 is 2.09 bits per heavy atom. The maximum atomic E-state index is 11.9. The largest absolute Gasteiger partial charge is 0.403 e. The summed E-state index contributed by atoms with van der Waals surface area (Å²) in [5.74, 6) is -0.268. The average molecular weight is 338 g/mol. The molecule has 0 saturated carbocycles. The Kier molecular flexibility index (Phi) is 3.82. The second kappa shape index (κ2) is 5.78. The van der Waals surface area contributed by atoms with Gasteiger partial charge in [-0.2, -0.15) is 5.10 Å². The van der Waals surface area contributed by atoms with Gasteiger partial charge in [0.05, 0.1) is 10.6 Å². The van der Waals surface area contributed by atoms with E-state index in [1.807, 2.05) is 0 Å². The van der Waals surface area contributed by atoms with Crippen LogP contribution < -0.4 is 5.32 Å². The van der Waals surface area contributed by atoms with Gasteiger partial charge in [0, 0.05) is 18.3 Å². The first-order valence-corrected chi connectivity index (χ1v) is 6.88. The number of aryl methyl sites for hydroxylation is 1. The number of nitrogens with zero attached hydrogens (tertiary/aromatic N) is 4. The number of carbonyl (C=O) groups is 1. The lowest BCUT2D eigenvalue weighted by molar-refractivity contribution is 0.101. The standard InChI is InChI=1S/C13H9Cl2N5O2/c1-20-5-4-10(19-20)11(21)16-13-18-17-12(22-13)8-3-2-7(14)6-9(8)15/h2-6H,1H3,(H,16,18,21). The molecule has 3 rings (SSSR count). The minimum atomic E-state index is -0.446. The first kappa shape index (κ1) is 14.6. The Morgan fingerprint density at radius 1 is 1.27 bits per heavy atom. The summed E-state index contributed by atoms with van der Waals surface area (Å²) >= 11 is 11.9. The predicted molar refractivity (Wildman–Crippen MR) is 80.9 cm³/mol. The second-order valence-corrected chi connectivity index (χ2v) is 5.21. The SMILES string of the molecule is Cn1ccc(C(=O)Nc2nnc(-c3ccc(Cl)cc3Cl)o2)n1. The van der Waals surface area contributed by atoms with Crippen molar-refractivity contribution in [3.8, 4) is 11.5 Å². The van der Waals surface area contributed by atoms with Crippen molar-refractivity contribution >= 4 is 35.1 Å². The first-order chi connectivity index (χ1) is 10.5. The molecule has 112 valence electrons. The van der Waals surface area contributed by atoms with E-state index in [0.29, 0.717) is 15.6 Å². The number of hydrogen-bond donors (Lipinski definition) is 1. The normalized spacial score (nSPS) is 10.7. The molecule has 0 unspecified atom stereocenters. The maximum Gasteiger partial charge on any atom is 0.322 e. The molecule has 0 atom stereocenters. The zero-order chi connectivity index (χ0) is 15.7. The van der Waals surface area contributed by atoms with Crippen molar-refractivity contribution in [1.82, 2.24) is 20.0 Å². The molecule has 0 spiro atoms. The molecule has 0 bridgehead atoms. The molecule has 0 aliphatic rings. The van der Waals surface area contributed by atoms with Gasteiger partial charge in [0.2, 0.25) is 0 Å². The average Bonchev–Trinajstić information content (AvgIpc) is 3.08. The van der Waals surface area contributed by atoms with Crippen molar-refractivity contribution in [1.29, 1.82) is 0 Å². The molecule has 2 aromatic heterocycles. The smallest absolute Gasteiger partial charge is 0.322 e. The van der Waals surface area contributed by atoms with Gasteiger partial charge in [-0.3, -0.25) is 14.8 Å². The molecular weight excluding hydrogens is 329 g/mol. The van der Waals surface area contributed by atoms with Crippen LogP contribution in [0.25, 0.3) is 11.5 Å². The van der Waals surface area contributed by atoms with Gasteiger partial charge in [0.15, 0.2) is 5.69 Å². The molecule has 0 saturated heterocycles. The zero-order valence-corrected chi connectivity index (χ0v) is 12.8. The summed E-state index contributed by atoms with van der Waals surface area (Å²) in [6, 6.07) is 6.40. The second-order valence-electron chi connectivity index (χ2n) is 4.37. The fourth-order valence-electron chi connectivity index (χ4n) is 1.74. The van der Waals surface area contributed by atoms with Gasteiger partial charge in [0.1, 0.15) is 0 Å². The topological polar surface area (TPSA) is 85.8 Å². The number of anilines is 1. The van der Waals surface area contributed by atoms with E-state index in [1.165, 1.54) is 4.68 Å². The summed E-state index contributed by atoms with van der Waals surface area (Å²) in [5.41, 5.74) is 0.767. The highest BCUT2D eigenvalue weighted by Crippen LogP contribution is 2.30. The Bertz CT molecular complexity index is 843. The third kappa shape index (κ3) is 2.95. The van der Waals surface area contributed by atoms with Crippen LogP contribution in [0.5, 0.6) is 0 Å². The zero-order valence-electron chi connectivity index (χ0n) is 11.2. The Balaban J connectivity index is 1.80. The molecule has 1 N–H and O–H groups in total. The predicted octanol–water partition coefficient (Wildman–Crippen LogP) is 3.03. The van der Waals surface area contributed by atoms with Crippen molar-refractivity contribution in [2.75, 3.05) is 5.32 Å². The number of aromatic nitrogens is 4. The van der Waals surface area contributed by atoms with Crippen LogP contribution in [0.1, 0.15) is 10.5 Å². The van der Waals surface area contributed by atoms with E-state index in [-0.39, 0.29) is 17.6 Å². The summed E-state index contributed by atoms with van der Waals surface area (Å²) < 4.78 is 6.89. The van der Waals surface area contributed by atoms with Gasteiger partial charge < -0.3 is 4.42 Å². The molecule has 0 aliphatic heterocycles. The molecule has 1 amide bonds. The number of amides is 1. The highest BCUT2D eigenvalue weighted by Gasteiger charge is 2.16. The van der Waals surface area contributed by atoms with E-state index in [0.717, 1.165) is 0 Å². The fraction of sp³-hybridized carbons (Fsp3) is 0.0769. The van der Waals surface area contributed by atoms with Gasteiger partial charge in [0.25, 0.3) is 11.8 Å². The summed E-state index contributed by atoms with van der Waals surface area (Å²) in [6.07, 6.45) is 1.65. The lowest BCUT2D eigenvalue weighted by Crippen LogP contribution is -2.13. The number of halogens is 2. The molecule has 3 aromatic rings. The summed E-state index contributed by atoms with van der Waals surface area (Å²) in [7, 11) is 1.71. The van der Waals surface area contributed by atoms with Gasteiger partial charge >= 0.3 is 6.01 Å². The number of benzene rings is 1. The highest BCUT2D eigenvalue weighted by molar-refractivity contribution is 6.36. The number of hydrogen-bond acceptors (Lipinski definition) is 5. The Morgan fingerprint density at radius 3 is 2.77 bits per heavy atom. The van der Waals surface area contributed by atoms with Crippen LogP contribution in [-0.4, -0.2) is 25.9 Å². The van der Waals surface area contributed by atoms with Crippen LogP contribution in [-0.2, 0) is 7.05 Å². The molecule has 22 heavy (non-hydrogen) atoms. The van der Waals surface area contributed by atoms with Gasteiger partial charge in [-0.1, -0.05) is 28.3 Å². The monoisotopic (exact) mass is 337 g/mol. The lowest BCUT2D eigenvalue weighted by Gasteiger charge is -1.99. The highest BCUT2D eigenvalue weighted by atomic mass is 35.5. The van der Waals surface area contributed by atoms with Crippen LogP contribution in [0.4, 0.5) is 6.01 Å². The van der Waals surface area contributed by atoms with Crippen molar-refractivity contribution in [3.63, 3.8) is 0 Å². The molecule has 1 aromatic carbocycles. The molecule has 0 fully saturated rings. The molecular formula is C13H9Cl2N5O2. The van der Waals surface area contributed by atoms with E-state index < -0.39 is 5.91 Å². The van der Waals surface area contributed by atoms with Crippen LogP contribution >= 0.6 is 23.2 Å². The van der Waals surface area contributed by atoms with Crippen LogP contribution in [0.2, 0.25) is 10.0 Å². The molecule has 9 heteroatoms. The molecule has 0 aliphatic carbocycles. The minimum absolute atomic E-state index is 0.0448. The van der Waals surface area contributed by atoms with Crippen LogP contribution in [0.15, 0.2) is 34.9 Å². The van der Waals surface area contributed by atoms with Gasteiger partial charge in [-0.15, -0.1) is 5.10 Å². The minimum Gasteiger partial charge on any atom is -0.403 e. The van der Waals surface area contributed by atoms with E-state index in [1.54, 1.807) is 37.5 Å². The Labute approximate surface area is 134 Å². The van der Waals surface area contributed by atoms with Crippen LogP contribution in [0.3, 0.4) is 0 Å². The quantitative estimate of drug-likeness (QED) is 0.793. The van der Waals surface area contributed by atoms with Gasteiger partial charge in [-0.05, 0) is 24.3 Å². The first-order valence-electron chi connectivity index (χ1n) is 6.13. The summed E-state index contributed by atoms with van der Waals surface area (Å²) in [5, 5.41) is 14.9. The number of nitrogens with one attached hydrogen (secondary N) is 1. The van der Waals surface area contributed by atoms with E-state index in [2.05, 4.69) is 20.6 Å². The summed E-state index contributed by atoms with van der Waals surface area (Å²) in [4.78, 5) is 11.9. The van der Waals surface area contributed by atoms with Crippen molar-refractivity contribution in [2.24, 2.45) is 7.05 Å². The molecule has 2 heterocycles. The van der Waals surface area contributed by atoms with Crippen molar-refractivity contribution in [3.05, 3.63) is 46.2 Å². The van der Waals surface area contributed by atoms with Crippen molar-refractivity contribution < 1.29 is 9.21 Å². The Hall–Kier alpha value is -2.38. The third-order valence-electron chi connectivity index (χ3n) is 2.75. The fourth-order valence-corrected chi connectivity index (χ4v) is 2.23. The van der Waals surface area contributed by atoms with E-state index >= 15 is 0 Å².